The number of aromatic nitrogens is 6. The molecule has 0 N–H and O–H groups in total. The summed E-state index contributed by atoms with van der Waals surface area (Å²) in [6.07, 6.45) is 6.88. The van der Waals surface area contributed by atoms with Crippen molar-refractivity contribution in [2.75, 3.05) is 0 Å². The molecule has 206 valence electrons. The molecule has 0 aliphatic carbocycles. The van der Waals surface area contributed by atoms with E-state index in [1.54, 1.807) is 24.8 Å². The van der Waals surface area contributed by atoms with Crippen molar-refractivity contribution in [3.8, 4) is 69.5 Å². The van der Waals surface area contributed by atoms with Crippen LogP contribution in [0.3, 0.4) is 0 Å². The molecule has 4 aromatic heterocycles. The normalized spacial score (nSPS) is 10.4. The number of benzene rings is 3. The number of hydrogen-bond acceptors (Lipinski definition) is 8. The number of nitrogens with zero attached hydrogens (tertiary/aromatic N) is 6. The van der Waals surface area contributed by atoms with E-state index < -0.39 is 0 Å². The fraction of sp³-hybridized carbons (Fsp3) is 0. The lowest BCUT2D eigenvalue weighted by atomic mass is 10.1. The van der Waals surface area contributed by atoms with E-state index in [2.05, 4.69) is 54.0 Å². The monoisotopic (exact) mass is 568 g/mol. The first-order valence-corrected chi connectivity index (χ1v) is 13.6. The second-order valence-corrected chi connectivity index (χ2v) is 9.53. The molecule has 0 bridgehead atoms. The van der Waals surface area contributed by atoms with Gasteiger partial charge in [0.15, 0.2) is 0 Å². The van der Waals surface area contributed by atoms with Crippen molar-refractivity contribution < 1.29 is 8.83 Å². The zero-order valence-electron chi connectivity index (χ0n) is 23.0. The van der Waals surface area contributed by atoms with Crippen LogP contribution < -0.4 is 0 Å². The standard InChI is InChI=1S/C36H20N6O2/c1(3-27-17-21-37-22-18-27)25-5-9-29(10-6-25)33-39-41-35(43-33)31-13-15-32(16-14-31)36-42-40-34(44-36)30-11-7-26(8-12-30)2-4-28-19-23-38-24-20-28/h5-24H. The van der Waals surface area contributed by atoms with Crippen LogP contribution in [-0.4, -0.2) is 30.4 Å². The number of hydrogen-bond donors (Lipinski definition) is 0. The Kier molecular flexibility index (Phi) is 7.21. The van der Waals surface area contributed by atoms with Gasteiger partial charge in [0, 0.05) is 69.3 Å². The maximum Gasteiger partial charge on any atom is 0.248 e. The molecule has 44 heavy (non-hydrogen) atoms. The third-order valence-corrected chi connectivity index (χ3v) is 6.56. The van der Waals surface area contributed by atoms with Gasteiger partial charge in [0.1, 0.15) is 0 Å². The summed E-state index contributed by atoms with van der Waals surface area (Å²) in [7, 11) is 0. The van der Waals surface area contributed by atoms with E-state index in [1.165, 1.54) is 0 Å². The zero-order chi connectivity index (χ0) is 29.6. The Balaban J connectivity index is 1.02. The average Bonchev–Trinajstić information content (AvgIpc) is 3.80. The Labute approximate surface area is 252 Å². The molecule has 0 atom stereocenters. The summed E-state index contributed by atoms with van der Waals surface area (Å²) in [5.41, 5.74) is 6.74. The van der Waals surface area contributed by atoms with Crippen LogP contribution in [0.5, 0.6) is 0 Å². The molecule has 8 nitrogen and oxygen atoms in total. The second kappa shape index (κ2) is 12.1. The summed E-state index contributed by atoms with van der Waals surface area (Å²) in [5.74, 6) is 14.2. The molecule has 4 heterocycles. The van der Waals surface area contributed by atoms with Gasteiger partial charge in [-0.1, -0.05) is 23.7 Å². The quantitative estimate of drug-likeness (QED) is 0.216. The van der Waals surface area contributed by atoms with E-state index in [-0.39, 0.29) is 0 Å². The van der Waals surface area contributed by atoms with Gasteiger partial charge in [-0.15, -0.1) is 20.4 Å². The molecule has 0 radical (unpaired) electrons. The molecule has 3 aromatic carbocycles. The van der Waals surface area contributed by atoms with Gasteiger partial charge < -0.3 is 8.83 Å². The summed E-state index contributed by atoms with van der Waals surface area (Å²) in [4.78, 5) is 8.01. The third-order valence-electron chi connectivity index (χ3n) is 6.56. The molecule has 0 saturated heterocycles. The highest BCUT2D eigenvalue weighted by Gasteiger charge is 2.13. The molecular formula is C36H20N6O2. The number of rotatable bonds is 4. The summed E-state index contributed by atoms with van der Waals surface area (Å²) in [5, 5.41) is 16.9. The first-order valence-electron chi connectivity index (χ1n) is 13.6. The van der Waals surface area contributed by atoms with Crippen LogP contribution in [0, 0.1) is 23.7 Å². The minimum atomic E-state index is 0.409. The van der Waals surface area contributed by atoms with E-state index in [0.717, 1.165) is 44.5 Å². The van der Waals surface area contributed by atoms with Crippen LogP contribution in [-0.2, 0) is 0 Å². The van der Waals surface area contributed by atoms with E-state index >= 15 is 0 Å². The van der Waals surface area contributed by atoms with Crippen LogP contribution in [0.2, 0.25) is 0 Å². The summed E-state index contributed by atoms with van der Waals surface area (Å²) < 4.78 is 11.9. The SMILES string of the molecule is C(#Cc1ccc(-c2nnc(-c3ccc(-c4nnc(-c5ccc(C#Cc6ccncc6)cc5)o4)cc3)o2)cc1)c1ccncc1. The van der Waals surface area contributed by atoms with Gasteiger partial charge in [-0.25, -0.2) is 0 Å². The van der Waals surface area contributed by atoms with E-state index in [9.17, 15) is 0 Å². The minimum absolute atomic E-state index is 0.409. The predicted molar refractivity (Wildman–Crippen MR) is 164 cm³/mol. The lowest BCUT2D eigenvalue weighted by molar-refractivity contribution is 0.582. The van der Waals surface area contributed by atoms with Gasteiger partial charge in [0.25, 0.3) is 0 Å². The Morgan fingerprint density at radius 3 is 0.864 bits per heavy atom. The molecular weight excluding hydrogens is 548 g/mol. The molecule has 0 aliphatic rings. The molecule has 0 amide bonds. The lowest BCUT2D eigenvalue weighted by Crippen LogP contribution is -1.81. The van der Waals surface area contributed by atoms with Crippen molar-refractivity contribution in [2.45, 2.75) is 0 Å². The Morgan fingerprint density at radius 1 is 0.318 bits per heavy atom. The van der Waals surface area contributed by atoms with E-state index in [1.807, 2.05) is 97.1 Å². The minimum Gasteiger partial charge on any atom is -0.416 e. The molecule has 0 saturated carbocycles. The van der Waals surface area contributed by atoms with Gasteiger partial charge in [-0.3, -0.25) is 9.97 Å². The Bertz CT molecular complexity index is 1990. The molecule has 0 unspecified atom stereocenters. The third kappa shape index (κ3) is 6.01. The highest BCUT2D eigenvalue weighted by molar-refractivity contribution is 5.64. The van der Waals surface area contributed by atoms with Crippen molar-refractivity contribution in [3.05, 3.63) is 144 Å². The first-order chi connectivity index (χ1) is 21.8. The van der Waals surface area contributed by atoms with Crippen LogP contribution in [0.25, 0.3) is 45.8 Å². The van der Waals surface area contributed by atoms with Crippen molar-refractivity contribution in [1.82, 2.24) is 30.4 Å². The zero-order valence-corrected chi connectivity index (χ0v) is 23.0. The maximum absolute atomic E-state index is 5.96. The van der Waals surface area contributed by atoms with Gasteiger partial charge in [0.05, 0.1) is 0 Å². The van der Waals surface area contributed by atoms with Gasteiger partial charge in [0.2, 0.25) is 23.6 Å². The molecule has 8 heteroatoms. The van der Waals surface area contributed by atoms with Crippen LogP contribution in [0.15, 0.2) is 131 Å². The van der Waals surface area contributed by atoms with Crippen LogP contribution >= 0.6 is 0 Å². The highest BCUT2D eigenvalue weighted by Crippen LogP contribution is 2.28. The Hall–Kier alpha value is -6.64. The predicted octanol–water partition coefficient (Wildman–Crippen LogP) is 6.71. The smallest absolute Gasteiger partial charge is 0.248 e. The molecule has 0 aliphatic heterocycles. The van der Waals surface area contributed by atoms with Gasteiger partial charge >= 0.3 is 0 Å². The second-order valence-electron chi connectivity index (χ2n) is 9.53. The van der Waals surface area contributed by atoms with Gasteiger partial charge in [-0.2, -0.15) is 0 Å². The maximum atomic E-state index is 5.96. The van der Waals surface area contributed by atoms with E-state index in [0.29, 0.717) is 23.6 Å². The van der Waals surface area contributed by atoms with Crippen LogP contribution in [0.1, 0.15) is 22.3 Å². The molecule has 7 aromatic rings. The first kappa shape index (κ1) is 26.3. The fourth-order valence-corrected chi connectivity index (χ4v) is 4.22. The highest BCUT2D eigenvalue weighted by atomic mass is 16.4. The average molecular weight is 569 g/mol. The van der Waals surface area contributed by atoms with Crippen molar-refractivity contribution >= 4 is 0 Å². The summed E-state index contributed by atoms with van der Waals surface area (Å²) >= 11 is 0. The van der Waals surface area contributed by atoms with Crippen molar-refractivity contribution in [2.24, 2.45) is 0 Å². The lowest BCUT2D eigenvalue weighted by Gasteiger charge is -1.98. The summed E-state index contributed by atoms with van der Waals surface area (Å²) in [6.45, 7) is 0. The van der Waals surface area contributed by atoms with Gasteiger partial charge in [-0.05, 0) is 97.1 Å². The summed E-state index contributed by atoms with van der Waals surface area (Å²) in [6, 6.07) is 30.3. The number of pyridine rings is 2. The molecule has 0 spiro atoms. The molecule has 0 fully saturated rings. The molecule has 7 rings (SSSR count). The fourth-order valence-electron chi connectivity index (χ4n) is 4.22. The largest absolute Gasteiger partial charge is 0.416 e. The topological polar surface area (TPSA) is 104 Å². The van der Waals surface area contributed by atoms with Crippen molar-refractivity contribution in [1.29, 1.82) is 0 Å². The Morgan fingerprint density at radius 2 is 0.568 bits per heavy atom. The van der Waals surface area contributed by atoms with Crippen LogP contribution in [0.4, 0.5) is 0 Å². The van der Waals surface area contributed by atoms with Crippen molar-refractivity contribution in [3.63, 3.8) is 0 Å². The van der Waals surface area contributed by atoms with E-state index in [4.69, 9.17) is 8.83 Å².